The summed E-state index contributed by atoms with van der Waals surface area (Å²) in [7, 11) is 2.08. The number of aromatic nitrogens is 3. The summed E-state index contributed by atoms with van der Waals surface area (Å²) >= 11 is 0. The fourth-order valence-corrected chi connectivity index (χ4v) is 2.45. The molecular formula is C13H19N5. The van der Waals surface area contributed by atoms with Gasteiger partial charge < -0.3 is 10.2 Å². The molecule has 0 spiro atoms. The highest BCUT2D eigenvalue weighted by molar-refractivity contribution is 5.45. The predicted molar refractivity (Wildman–Crippen MR) is 72.0 cm³/mol. The second-order valence-electron chi connectivity index (χ2n) is 5.03. The molecule has 0 radical (unpaired) electrons. The Bertz CT molecular complexity index is 541. The van der Waals surface area contributed by atoms with Crippen molar-refractivity contribution in [3.05, 3.63) is 23.9 Å². The van der Waals surface area contributed by atoms with E-state index in [1.54, 1.807) is 0 Å². The molecule has 0 aromatic carbocycles. The van der Waals surface area contributed by atoms with Crippen molar-refractivity contribution in [3.63, 3.8) is 0 Å². The van der Waals surface area contributed by atoms with Crippen LogP contribution in [0.5, 0.6) is 0 Å². The molecule has 3 heterocycles. The number of pyridine rings is 1. The Hall–Kier alpha value is -1.62. The van der Waals surface area contributed by atoms with Gasteiger partial charge in [-0.1, -0.05) is 6.07 Å². The van der Waals surface area contributed by atoms with E-state index in [4.69, 9.17) is 0 Å². The summed E-state index contributed by atoms with van der Waals surface area (Å²) in [5, 5.41) is 7.98. The number of hydrogen-bond acceptors (Lipinski definition) is 4. The van der Waals surface area contributed by atoms with Gasteiger partial charge >= 0.3 is 0 Å². The summed E-state index contributed by atoms with van der Waals surface area (Å²) in [4.78, 5) is 6.77. The number of piperidine rings is 1. The summed E-state index contributed by atoms with van der Waals surface area (Å²) in [6, 6.07) is 4.58. The normalized spacial score (nSPS) is 20.2. The van der Waals surface area contributed by atoms with Gasteiger partial charge in [0, 0.05) is 25.8 Å². The van der Waals surface area contributed by atoms with Crippen molar-refractivity contribution in [2.45, 2.75) is 25.8 Å². The van der Waals surface area contributed by atoms with E-state index in [0.717, 1.165) is 24.7 Å². The highest BCUT2D eigenvalue weighted by Gasteiger charge is 2.20. The third kappa shape index (κ3) is 2.06. The van der Waals surface area contributed by atoms with E-state index in [1.165, 1.54) is 18.4 Å². The average Bonchev–Trinajstić information content (AvgIpc) is 2.81. The summed E-state index contributed by atoms with van der Waals surface area (Å²) in [6.07, 6.45) is 4.44. The molecule has 1 saturated heterocycles. The van der Waals surface area contributed by atoms with E-state index >= 15 is 0 Å². The second-order valence-corrected chi connectivity index (χ2v) is 5.03. The summed E-state index contributed by atoms with van der Waals surface area (Å²) < 4.78 is 1.86. The molecule has 2 aromatic rings. The molecule has 18 heavy (non-hydrogen) atoms. The zero-order chi connectivity index (χ0) is 12.5. The van der Waals surface area contributed by atoms with Crippen LogP contribution in [-0.2, 0) is 0 Å². The largest absolute Gasteiger partial charge is 0.338 e. The molecule has 1 aliphatic heterocycles. The van der Waals surface area contributed by atoms with Crippen LogP contribution in [-0.4, -0.2) is 40.8 Å². The number of hydrogen-bond donors (Lipinski definition) is 1. The number of anilines is 1. The molecule has 0 saturated carbocycles. The van der Waals surface area contributed by atoms with Gasteiger partial charge in [-0.05, 0) is 37.9 Å². The van der Waals surface area contributed by atoms with Crippen LogP contribution in [0.25, 0.3) is 5.65 Å². The van der Waals surface area contributed by atoms with Gasteiger partial charge in [0.15, 0.2) is 5.65 Å². The molecular weight excluding hydrogens is 226 g/mol. The van der Waals surface area contributed by atoms with Crippen LogP contribution < -0.4 is 10.2 Å². The standard InChI is InChI=1S/C13H19N5/c1-10-5-6-12-15-13(16-18(12)9-10)17(2)11-4-3-7-14-8-11/h5-6,9,11,14H,3-4,7-8H2,1-2H3. The summed E-state index contributed by atoms with van der Waals surface area (Å²) in [5.41, 5.74) is 2.10. The first kappa shape index (κ1) is 11.5. The Morgan fingerprint density at radius 2 is 2.33 bits per heavy atom. The Morgan fingerprint density at radius 3 is 3.11 bits per heavy atom. The van der Waals surface area contributed by atoms with Crippen LogP contribution in [0.4, 0.5) is 5.95 Å². The number of nitrogens with zero attached hydrogens (tertiary/aromatic N) is 4. The number of aryl methyl sites for hydroxylation is 1. The van der Waals surface area contributed by atoms with Crippen molar-refractivity contribution in [1.29, 1.82) is 0 Å². The smallest absolute Gasteiger partial charge is 0.245 e. The minimum absolute atomic E-state index is 0.497. The van der Waals surface area contributed by atoms with Crippen LogP contribution in [0.3, 0.4) is 0 Å². The van der Waals surface area contributed by atoms with Crippen molar-refractivity contribution in [2.75, 3.05) is 25.0 Å². The zero-order valence-electron chi connectivity index (χ0n) is 10.9. The van der Waals surface area contributed by atoms with Gasteiger partial charge in [-0.2, -0.15) is 4.98 Å². The molecule has 3 rings (SSSR count). The first-order valence-corrected chi connectivity index (χ1v) is 6.50. The Morgan fingerprint density at radius 1 is 1.44 bits per heavy atom. The van der Waals surface area contributed by atoms with Gasteiger partial charge in [-0.25, -0.2) is 4.52 Å². The number of rotatable bonds is 2. The zero-order valence-corrected chi connectivity index (χ0v) is 10.9. The molecule has 2 aromatic heterocycles. The van der Waals surface area contributed by atoms with Crippen molar-refractivity contribution < 1.29 is 0 Å². The molecule has 1 atom stereocenters. The minimum atomic E-state index is 0.497. The third-order valence-corrected chi connectivity index (χ3v) is 3.60. The molecule has 1 fully saturated rings. The van der Waals surface area contributed by atoms with Crippen molar-refractivity contribution >= 4 is 11.6 Å². The molecule has 1 N–H and O–H groups in total. The van der Waals surface area contributed by atoms with Gasteiger partial charge in [-0.15, -0.1) is 5.10 Å². The maximum atomic E-state index is 4.58. The highest BCUT2D eigenvalue weighted by Crippen LogP contribution is 2.16. The predicted octanol–water partition coefficient (Wildman–Crippen LogP) is 1.23. The lowest BCUT2D eigenvalue weighted by Crippen LogP contribution is -2.44. The van der Waals surface area contributed by atoms with Crippen molar-refractivity contribution in [1.82, 2.24) is 19.9 Å². The van der Waals surface area contributed by atoms with Crippen molar-refractivity contribution in [2.24, 2.45) is 0 Å². The Labute approximate surface area is 107 Å². The Kier molecular flexibility index (Phi) is 2.91. The van der Waals surface area contributed by atoms with E-state index in [2.05, 4.69) is 40.3 Å². The van der Waals surface area contributed by atoms with Crippen LogP contribution in [0, 0.1) is 6.92 Å². The molecule has 96 valence electrons. The van der Waals surface area contributed by atoms with E-state index in [0.29, 0.717) is 6.04 Å². The Balaban J connectivity index is 1.88. The molecule has 5 nitrogen and oxygen atoms in total. The lowest BCUT2D eigenvalue weighted by Gasteiger charge is -2.30. The lowest BCUT2D eigenvalue weighted by atomic mass is 10.1. The number of fused-ring (bicyclic) bond motifs is 1. The molecule has 0 bridgehead atoms. The molecule has 1 unspecified atom stereocenters. The fourth-order valence-electron chi connectivity index (χ4n) is 2.45. The van der Waals surface area contributed by atoms with Crippen molar-refractivity contribution in [3.8, 4) is 0 Å². The highest BCUT2D eigenvalue weighted by atomic mass is 15.4. The fraction of sp³-hybridized carbons (Fsp3) is 0.538. The first-order chi connectivity index (χ1) is 8.74. The van der Waals surface area contributed by atoms with Gasteiger partial charge in [0.2, 0.25) is 5.95 Å². The number of likely N-dealkylation sites (N-methyl/N-ethyl adjacent to an activating group) is 1. The van der Waals surface area contributed by atoms with Gasteiger partial charge in [0.05, 0.1) is 0 Å². The second kappa shape index (κ2) is 4.57. The summed E-state index contributed by atoms with van der Waals surface area (Å²) in [5.74, 6) is 0.814. The molecule has 5 heteroatoms. The van der Waals surface area contributed by atoms with Gasteiger partial charge in [0.1, 0.15) is 0 Å². The van der Waals surface area contributed by atoms with E-state index in [9.17, 15) is 0 Å². The molecule has 1 aliphatic rings. The average molecular weight is 245 g/mol. The maximum Gasteiger partial charge on any atom is 0.245 e. The maximum absolute atomic E-state index is 4.58. The number of nitrogens with one attached hydrogen (secondary N) is 1. The first-order valence-electron chi connectivity index (χ1n) is 6.50. The van der Waals surface area contributed by atoms with Crippen LogP contribution in [0.15, 0.2) is 18.3 Å². The van der Waals surface area contributed by atoms with Gasteiger partial charge in [-0.3, -0.25) is 0 Å². The third-order valence-electron chi connectivity index (χ3n) is 3.60. The summed E-state index contributed by atoms with van der Waals surface area (Å²) in [6.45, 7) is 4.21. The SMILES string of the molecule is Cc1ccc2nc(N(C)C3CCCNC3)nn2c1. The minimum Gasteiger partial charge on any atom is -0.338 e. The van der Waals surface area contributed by atoms with Crippen LogP contribution in [0.1, 0.15) is 18.4 Å². The van der Waals surface area contributed by atoms with E-state index < -0.39 is 0 Å². The van der Waals surface area contributed by atoms with Gasteiger partial charge in [0.25, 0.3) is 0 Å². The quantitative estimate of drug-likeness (QED) is 0.864. The lowest BCUT2D eigenvalue weighted by molar-refractivity contribution is 0.441. The van der Waals surface area contributed by atoms with E-state index in [1.807, 2.05) is 16.8 Å². The molecule has 0 amide bonds. The van der Waals surface area contributed by atoms with Crippen LogP contribution >= 0.6 is 0 Å². The topological polar surface area (TPSA) is 45.5 Å². The van der Waals surface area contributed by atoms with Crippen LogP contribution in [0.2, 0.25) is 0 Å². The molecule has 0 aliphatic carbocycles. The van der Waals surface area contributed by atoms with E-state index in [-0.39, 0.29) is 0 Å². The monoisotopic (exact) mass is 245 g/mol.